The van der Waals surface area contributed by atoms with Crippen molar-refractivity contribution in [2.45, 2.75) is 0 Å². The van der Waals surface area contributed by atoms with Crippen LogP contribution in [-0.4, -0.2) is 48.9 Å². The van der Waals surface area contributed by atoms with Gasteiger partial charge in [0.2, 0.25) is 0 Å². The van der Waals surface area contributed by atoms with Crippen LogP contribution in [0.2, 0.25) is 0 Å². The third-order valence-electron chi connectivity index (χ3n) is 2.81. The first kappa shape index (κ1) is 10.2. The van der Waals surface area contributed by atoms with Gasteiger partial charge in [-0.3, -0.25) is 5.41 Å². The van der Waals surface area contributed by atoms with E-state index in [9.17, 15) is 0 Å². The Bertz CT molecular complexity index is 326. The third kappa shape index (κ3) is 2.36. The summed E-state index contributed by atoms with van der Waals surface area (Å²) in [6.07, 6.45) is 0. The van der Waals surface area contributed by atoms with Gasteiger partial charge in [0, 0.05) is 31.7 Å². The SMILES string of the molecule is CN1CCN(C(=N)c2cc[c]cc2)CC1. The molecule has 3 heteroatoms. The van der Waals surface area contributed by atoms with E-state index in [2.05, 4.69) is 22.9 Å². The Morgan fingerprint density at radius 3 is 2.40 bits per heavy atom. The zero-order valence-corrected chi connectivity index (χ0v) is 9.03. The number of benzene rings is 1. The quantitative estimate of drug-likeness (QED) is 0.545. The fourth-order valence-corrected chi connectivity index (χ4v) is 1.76. The highest BCUT2D eigenvalue weighted by atomic mass is 15.3. The van der Waals surface area contributed by atoms with Crippen molar-refractivity contribution in [3.63, 3.8) is 0 Å². The molecule has 0 saturated carbocycles. The van der Waals surface area contributed by atoms with Crippen molar-refractivity contribution < 1.29 is 0 Å². The number of hydrogen-bond acceptors (Lipinski definition) is 2. The highest BCUT2D eigenvalue weighted by molar-refractivity contribution is 5.96. The number of rotatable bonds is 1. The molecule has 0 aromatic heterocycles. The van der Waals surface area contributed by atoms with Crippen LogP contribution in [0.5, 0.6) is 0 Å². The van der Waals surface area contributed by atoms with Crippen LogP contribution in [0.15, 0.2) is 24.3 Å². The van der Waals surface area contributed by atoms with E-state index < -0.39 is 0 Å². The Morgan fingerprint density at radius 1 is 1.20 bits per heavy atom. The van der Waals surface area contributed by atoms with Crippen LogP contribution in [-0.2, 0) is 0 Å². The van der Waals surface area contributed by atoms with Crippen LogP contribution >= 0.6 is 0 Å². The fourth-order valence-electron chi connectivity index (χ4n) is 1.76. The average molecular weight is 202 g/mol. The van der Waals surface area contributed by atoms with Gasteiger partial charge in [-0.05, 0) is 13.1 Å². The van der Waals surface area contributed by atoms with Crippen LogP contribution in [0.4, 0.5) is 0 Å². The van der Waals surface area contributed by atoms with Crippen molar-refractivity contribution in [1.29, 1.82) is 5.41 Å². The van der Waals surface area contributed by atoms with Crippen molar-refractivity contribution >= 4 is 5.84 Å². The lowest BCUT2D eigenvalue weighted by Crippen LogP contribution is -2.47. The molecule has 1 radical (unpaired) electrons. The molecule has 1 aliphatic rings. The van der Waals surface area contributed by atoms with Crippen LogP contribution in [0, 0.1) is 11.5 Å². The summed E-state index contributed by atoms with van der Waals surface area (Å²) in [6, 6.07) is 10.6. The van der Waals surface area contributed by atoms with Gasteiger partial charge in [-0.25, -0.2) is 0 Å². The molecule has 1 N–H and O–H groups in total. The van der Waals surface area contributed by atoms with Crippen molar-refractivity contribution in [3.05, 3.63) is 35.9 Å². The van der Waals surface area contributed by atoms with E-state index in [1.807, 2.05) is 24.3 Å². The Balaban J connectivity index is 2.03. The summed E-state index contributed by atoms with van der Waals surface area (Å²) >= 11 is 0. The van der Waals surface area contributed by atoms with Crippen molar-refractivity contribution in [3.8, 4) is 0 Å². The highest BCUT2D eigenvalue weighted by Crippen LogP contribution is 2.07. The molecule has 15 heavy (non-hydrogen) atoms. The highest BCUT2D eigenvalue weighted by Gasteiger charge is 2.16. The molecule has 0 unspecified atom stereocenters. The molecule has 1 aliphatic heterocycles. The number of amidine groups is 1. The monoisotopic (exact) mass is 202 g/mol. The van der Waals surface area contributed by atoms with Gasteiger partial charge >= 0.3 is 0 Å². The second-order valence-corrected chi connectivity index (χ2v) is 3.93. The molecular formula is C12H16N3. The molecule has 2 rings (SSSR count). The summed E-state index contributed by atoms with van der Waals surface area (Å²) in [5, 5.41) is 8.08. The molecule has 1 aromatic carbocycles. The minimum absolute atomic E-state index is 0.636. The van der Waals surface area contributed by atoms with Gasteiger partial charge in [0.25, 0.3) is 0 Å². The van der Waals surface area contributed by atoms with Gasteiger partial charge in [-0.15, -0.1) is 0 Å². The number of hydrogen-bond donors (Lipinski definition) is 1. The van der Waals surface area contributed by atoms with Crippen molar-refractivity contribution in [2.24, 2.45) is 0 Å². The lowest BCUT2D eigenvalue weighted by Gasteiger charge is -2.34. The second kappa shape index (κ2) is 4.45. The van der Waals surface area contributed by atoms with Gasteiger partial charge < -0.3 is 9.80 Å². The molecule has 0 amide bonds. The van der Waals surface area contributed by atoms with Crippen LogP contribution < -0.4 is 0 Å². The Labute approximate surface area is 90.8 Å². The van der Waals surface area contributed by atoms with E-state index in [1.165, 1.54) is 0 Å². The summed E-state index contributed by atoms with van der Waals surface area (Å²) in [6.45, 7) is 3.99. The second-order valence-electron chi connectivity index (χ2n) is 3.93. The lowest BCUT2D eigenvalue weighted by molar-refractivity contribution is 0.215. The molecular weight excluding hydrogens is 186 g/mol. The molecule has 1 saturated heterocycles. The van der Waals surface area contributed by atoms with Gasteiger partial charge in [0.15, 0.2) is 0 Å². The van der Waals surface area contributed by atoms with Crippen LogP contribution in [0.25, 0.3) is 0 Å². The zero-order chi connectivity index (χ0) is 10.7. The standard InChI is InChI=1S/C12H16N3/c1-14-7-9-15(10-8-14)12(13)11-5-3-2-4-6-11/h3-6,13H,7-10H2,1H3. The van der Waals surface area contributed by atoms with Crippen LogP contribution in [0.3, 0.4) is 0 Å². The normalized spacial score (nSPS) is 17.8. The van der Waals surface area contributed by atoms with Gasteiger partial charge in [-0.2, -0.15) is 0 Å². The summed E-state index contributed by atoms with van der Waals surface area (Å²) in [5.41, 5.74) is 0.985. The molecule has 1 aromatic rings. The third-order valence-corrected chi connectivity index (χ3v) is 2.81. The molecule has 3 nitrogen and oxygen atoms in total. The molecule has 79 valence electrons. The van der Waals surface area contributed by atoms with E-state index >= 15 is 0 Å². The van der Waals surface area contributed by atoms with E-state index in [-0.39, 0.29) is 0 Å². The smallest absolute Gasteiger partial charge is 0.128 e. The fraction of sp³-hybridized carbons (Fsp3) is 0.417. The Kier molecular flexibility index (Phi) is 3.02. The molecule has 1 fully saturated rings. The average Bonchev–Trinajstić information content (AvgIpc) is 2.30. The van der Waals surface area contributed by atoms with E-state index in [0.29, 0.717) is 5.84 Å². The van der Waals surface area contributed by atoms with E-state index in [1.54, 1.807) is 0 Å². The summed E-state index contributed by atoms with van der Waals surface area (Å²) in [4.78, 5) is 4.43. The van der Waals surface area contributed by atoms with E-state index in [4.69, 9.17) is 5.41 Å². The predicted octanol–water partition coefficient (Wildman–Crippen LogP) is 1.06. The summed E-state index contributed by atoms with van der Waals surface area (Å²) in [7, 11) is 2.12. The Morgan fingerprint density at radius 2 is 1.80 bits per heavy atom. The molecule has 0 bridgehead atoms. The largest absolute Gasteiger partial charge is 0.354 e. The summed E-state index contributed by atoms with van der Waals surface area (Å²) < 4.78 is 0. The van der Waals surface area contributed by atoms with Crippen molar-refractivity contribution in [1.82, 2.24) is 9.80 Å². The minimum Gasteiger partial charge on any atom is -0.354 e. The number of nitrogens with zero attached hydrogens (tertiary/aromatic N) is 2. The minimum atomic E-state index is 0.636. The number of nitrogens with one attached hydrogen (secondary N) is 1. The maximum Gasteiger partial charge on any atom is 0.128 e. The van der Waals surface area contributed by atoms with Crippen LogP contribution in [0.1, 0.15) is 5.56 Å². The first-order chi connectivity index (χ1) is 7.27. The number of likely N-dealkylation sites (N-methyl/N-ethyl adjacent to an activating group) is 1. The number of piperazine rings is 1. The molecule has 1 heterocycles. The first-order valence-electron chi connectivity index (χ1n) is 5.26. The van der Waals surface area contributed by atoms with Gasteiger partial charge in [0.05, 0.1) is 0 Å². The molecule has 0 aliphatic carbocycles. The maximum absolute atomic E-state index is 8.08. The first-order valence-corrected chi connectivity index (χ1v) is 5.26. The molecule has 0 atom stereocenters. The van der Waals surface area contributed by atoms with Gasteiger partial charge in [0.1, 0.15) is 5.84 Å². The molecule has 0 spiro atoms. The van der Waals surface area contributed by atoms with Crippen molar-refractivity contribution in [2.75, 3.05) is 33.2 Å². The lowest BCUT2D eigenvalue weighted by atomic mass is 10.2. The predicted molar refractivity (Wildman–Crippen MR) is 61.2 cm³/mol. The van der Waals surface area contributed by atoms with E-state index in [0.717, 1.165) is 31.7 Å². The zero-order valence-electron chi connectivity index (χ0n) is 9.03. The van der Waals surface area contributed by atoms with Gasteiger partial charge in [-0.1, -0.05) is 24.3 Å². The Hall–Kier alpha value is -1.35. The maximum atomic E-state index is 8.08. The summed E-state index contributed by atoms with van der Waals surface area (Å²) in [5.74, 6) is 0.636. The topological polar surface area (TPSA) is 30.3 Å².